The summed E-state index contributed by atoms with van der Waals surface area (Å²) in [5.74, 6) is 1.34. The van der Waals surface area contributed by atoms with Crippen LogP contribution in [-0.2, 0) is 6.54 Å². The monoisotopic (exact) mass is 317 g/mol. The van der Waals surface area contributed by atoms with E-state index in [1.165, 1.54) is 4.80 Å². The van der Waals surface area contributed by atoms with E-state index >= 15 is 0 Å². The maximum Gasteiger partial charge on any atom is 0.205 e. The molecule has 0 fully saturated rings. The molecule has 6 heteroatoms. The van der Waals surface area contributed by atoms with Crippen LogP contribution in [0.4, 0.5) is 0 Å². The van der Waals surface area contributed by atoms with Gasteiger partial charge < -0.3 is 4.52 Å². The van der Waals surface area contributed by atoms with Crippen molar-refractivity contribution >= 4 is 0 Å². The summed E-state index contributed by atoms with van der Waals surface area (Å²) in [4.78, 5) is 1.52. The van der Waals surface area contributed by atoms with Crippen molar-refractivity contribution in [2.75, 3.05) is 0 Å². The van der Waals surface area contributed by atoms with Crippen LogP contribution in [0, 0.1) is 6.92 Å². The van der Waals surface area contributed by atoms with Gasteiger partial charge in [0.1, 0.15) is 12.2 Å². The lowest BCUT2D eigenvalue weighted by atomic mass is 10.1. The van der Waals surface area contributed by atoms with E-state index < -0.39 is 0 Å². The molecule has 2 heterocycles. The first kappa shape index (κ1) is 14.3. The number of hydrogen-bond donors (Lipinski definition) is 0. The highest BCUT2D eigenvalue weighted by atomic mass is 16.5. The Morgan fingerprint density at radius 1 is 1.00 bits per heavy atom. The van der Waals surface area contributed by atoms with Crippen LogP contribution < -0.4 is 0 Å². The second-order valence-corrected chi connectivity index (χ2v) is 5.51. The largest absolute Gasteiger partial charge is 0.356 e. The minimum Gasteiger partial charge on any atom is -0.356 e. The predicted octanol–water partition coefficient (Wildman–Crippen LogP) is 3.35. The smallest absolute Gasteiger partial charge is 0.205 e. The summed E-state index contributed by atoms with van der Waals surface area (Å²) in [5, 5.41) is 16.8. The third-order valence-electron chi connectivity index (χ3n) is 3.76. The number of rotatable bonds is 4. The van der Waals surface area contributed by atoms with Gasteiger partial charge in [0.05, 0.1) is 0 Å². The fourth-order valence-corrected chi connectivity index (χ4v) is 2.51. The zero-order valence-corrected chi connectivity index (χ0v) is 13.1. The number of benzene rings is 2. The third-order valence-corrected chi connectivity index (χ3v) is 3.76. The standard InChI is InChI=1S/C18H15N5O/c1-13-7-5-6-10-16(13)18-19-22-23(20-18)12-15-11-17(24-21-15)14-8-3-2-4-9-14/h2-11H,12H2,1H3. The van der Waals surface area contributed by atoms with Gasteiger partial charge in [0.2, 0.25) is 5.82 Å². The molecule has 0 bridgehead atoms. The predicted molar refractivity (Wildman–Crippen MR) is 89.0 cm³/mol. The van der Waals surface area contributed by atoms with Crippen LogP contribution in [0.3, 0.4) is 0 Å². The van der Waals surface area contributed by atoms with Crippen molar-refractivity contribution < 1.29 is 4.52 Å². The van der Waals surface area contributed by atoms with E-state index in [-0.39, 0.29) is 0 Å². The first-order chi connectivity index (χ1) is 11.8. The molecule has 0 aliphatic carbocycles. The molecule has 0 saturated heterocycles. The molecule has 0 saturated carbocycles. The topological polar surface area (TPSA) is 69.6 Å². The highest BCUT2D eigenvalue weighted by molar-refractivity contribution is 5.58. The lowest BCUT2D eigenvalue weighted by molar-refractivity contribution is 0.415. The van der Waals surface area contributed by atoms with Gasteiger partial charge >= 0.3 is 0 Å². The highest BCUT2D eigenvalue weighted by Crippen LogP contribution is 2.21. The average Bonchev–Trinajstić information content (AvgIpc) is 3.26. The Morgan fingerprint density at radius 2 is 1.79 bits per heavy atom. The quantitative estimate of drug-likeness (QED) is 0.577. The normalized spacial score (nSPS) is 10.9. The zero-order chi connectivity index (χ0) is 16.4. The van der Waals surface area contributed by atoms with Gasteiger partial charge in [0, 0.05) is 17.2 Å². The summed E-state index contributed by atoms with van der Waals surface area (Å²) in [6, 6.07) is 19.7. The summed E-state index contributed by atoms with van der Waals surface area (Å²) in [6.45, 7) is 2.44. The molecule has 0 N–H and O–H groups in total. The maximum atomic E-state index is 5.39. The van der Waals surface area contributed by atoms with E-state index in [1.807, 2.05) is 67.6 Å². The molecule has 118 valence electrons. The van der Waals surface area contributed by atoms with Crippen molar-refractivity contribution in [3.63, 3.8) is 0 Å². The lowest BCUT2D eigenvalue weighted by Crippen LogP contribution is -2.04. The summed E-state index contributed by atoms with van der Waals surface area (Å²) in [6.07, 6.45) is 0. The summed E-state index contributed by atoms with van der Waals surface area (Å²) >= 11 is 0. The molecule has 0 unspecified atom stereocenters. The summed E-state index contributed by atoms with van der Waals surface area (Å²) < 4.78 is 5.39. The highest BCUT2D eigenvalue weighted by Gasteiger charge is 2.11. The van der Waals surface area contributed by atoms with Crippen LogP contribution in [0.25, 0.3) is 22.7 Å². The Kier molecular flexibility index (Phi) is 3.63. The van der Waals surface area contributed by atoms with E-state index in [1.54, 1.807) is 0 Å². The van der Waals surface area contributed by atoms with E-state index in [0.717, 1.165) is 28.1 Å². The van der Waals surface area contributed by atoms with Crippen molar-refractivity contribution in [2.45, 2.75) is 13.5 Å². The minimum absolute atomic E-state index is 0.412. The first-order valence-electron chi connectivity index (χ1n) is 7.64. The van der Waals surface area contributed by atoms with Crippen LogP contribution in [0.5, 0.6) is 0 Å². The van der Waals surface area contributed by atoms with E-state index in [2.05, 4.69) is 20.6 Å². The minimum atomic E-state index is 0.412. The molecule has 4 aromatic rings. The Balaban J connectivity index is 1.55. The molecule has 0 aliphatic rings. The number of tetrazole rings is 1. The molecule has 2 aromatic carbocycles. The fourth-order valence-electron chi connectivity index (χ4n) is 2.51. The molecule has 0 spiro atoms. The molecule has 0 radical (unpaired) electrons. The van der Waals surface area contributed by atoms with Crippen LogP contribution in [0.1, 0.15) is 11.3 Å². The van der Waals surface area contributed by atoms with Gasteiger partial charge in [0.15, 0.2) is 5.76 Å². The number of hydrogen-bond acceptors (Lipinski definition) is 5. The van der Waals surface area contributed by atoms with E-state index in [9.17, 15) is 0 Å². The second-order valence-electron chi connectivity index (χ2n) is 5.51. The van der Waals surface area contributed by atoms with Crippen LogP contribution in [0.15, 0.2) is 65.2 Å². The summed E-state index contributed by atoms with van der Waals surface area (Å²) in [7, 11) is 0. The van der Waals surface area contributed by atoms with E-state index in [0.29, 0.717) is 12.4 Å². The zero-order valence-electron chi connectivity index (χ0n) is 13.1. The van der Waals surface area contributed by atoms with Crippen LogP contribution >= 0.6 is 0 Å². The van der Waals surface area contributed by atoms with Crippen LogP contribution in [0.2, 0.25) is 0 Å². The molecule has 6 nitrogen and oxygen atoms in total. The third kappa shape index (κ3) is 2.81. The molecular weight excluding hydrogens is 302 g/mol. The Bertz CT molecular complexity index is 958. The lowest BCUT2D eigenvalue weighted by Gasteiger charge is -1.98. The molecule has 0 atom stereocenters. The molecule has 0 amide bonds. The average molecular weight is 317 g/mol. The first-order valence-corrected chi connectivity index (χ1v) is 7.64. The van der Waals surface area contributed by atoms with Crippen molar-refractivity contribution in [1.82, 2.24) is 25.4 Å². The Labute approximate surface area is 138 Å². The van der Waals surface area contributed by atoms with Gasteiger partial charge in [-0.05, 0) is 17.7 Å². The van der Waals surface area contributed by atoms with Crippen LogP contribution in [-0.4, -0.2) is 25.4 Å². The Morgan fingerprint density at radius 3 is 2.62 bits per heavy atom. The second kappa shape index (κ2) is 6.08. The molecule has 24 heavy (non-hydrogen) atoms. The van der Waals surface area contributed by atoms with E-state index in [4.69, 9.17) is 4.52 Å². The van der Waals surface area contributed by atoms with Gasteiger partial charge in [-0.15, -0.1) is 10.2 Å². The maximum absolute atomic E-state index is 5.39. The number of nitrogens with zero attached hydrogens (tertiary/aromatic N) is 5. The van der Waals surface area contributed by atoms with Crippen molar-refractivity contribution in [1.29, 1.82) is 0 Å². The number of aromatic nitrogens is 5. The molecule has 4 rings (SSSR count). The SMILES string of the molecule is Cc1ccccc1-c1nnn(Cc2cc(-c3ccccc3)on2)n1. The molecule has 2 aromatic heterocycles. The Hall–Kier alpha value is -3.28. The molecule has 0 aliphatic heterocycles. The van der Waals surface area contributed by atoms with Gasteiger partial charge in [-0.2, -0.15) is 4.80 Å². The molecular formula is C18H15N5O. The number of aryl methyl sites for hydroxylation is 1. The van der Waals surface area contributed by atoms with Gasteiger partial charge in [-0.3, -0.25) is 0 Å². The van der Waals surface area contributed by atoms with Gasteiger partial charge in [0.25, 0.3) is 0 Å². The fraction of sp³-hybridized carbons (Fsp3) is 0.111. The summed E-state index contributed by atoms with van der Waals surface area (Å²) in [5.41, 5.74) is 3.84. The van der Waals surface area contributed by atoms with Crippen molar-refractivity contribution in [2.24, 2.45) is 0 Å². The van der Waals surface area contributed by atoms with Crippen molar-refractivity contribution in [3.05, 3.63) is 71.9 Å². The van der Waals surface area contributed by atoms with Gasteiger partial charge in [-0.1, -0.05) is 59.8 Å². The van der Waals surface area contributed by atoms with Gasteiger partial charge in [-0.25, -0.2) is 0 Å². The van der Waals surface area contributed by atoms with Crippen molar-refractivity contribution in [3.8, 4) is 22.7 Å².